The van der Waals surface area contributed by atoms with Gasteiger partial charge in [-0.3, -0.25) is 4.99 Å². The second-order valence-electron chi connectivity index (χ2n) is 6.11. The van der Waals surface area contributed by atoms with E-state index in [0.29, 0.717) is 6.10 Å². The van der Waals surface area contributed by atoms with Gasteiger partial charge in [-0.15, -0.1) is 0 Å². The van der Waals surface area contributed by atoms with Crippen LogP contribution < -0.4 is 10.6 Å². The van der Waals surface area contributed by atoms with Crippen LogP contribution in [0.4, 0.5) is 0 Å². The number of hydrogen-bond donors (Lipinski definition) is 2. The Morgan fingerprint density at radius 1 is 1.12 bits per heavy atom. The van der Waals surface area contributed by atoms with Crippen LogP contribution in [0.5, 0.6) is 0 Å². The number of nitrogens with zero attached hydrogens (tertiary/aromatic N) is 2. The first-order chi connectivity index (χ1) is 11.8. The SMILES string of the molecule is CN=C(NCCCOC1CCOCC1)NCCN(C)CCCOC. The molecule has 1 aliphatic heterocycles. The minimum Gasteiger partial charge on any atom is -0.385 e. The molecule has 0 aromatic heterocycles. The van der Waals surface area contributed by atoms with E-state index in [2.05, 4.69) is 27.6 Å². The maximum atomic E-state index is 5.86. The van der Waals surface area contributed by atoms with Crippen molar-refractivity contribution in [3.05, 3.63) is 0 Å². The van der Waals surface area contributed by atoms with E-state index in [1.165, 1.54) is 0 Å². The Morgan fingerprint density at radius 2 is 1.88 bits per heavy atom. The smallest absolute Gasteiger partial charge is 0.191 e. The van der Waals surface area contributed by atoms with E-state index in [1.54, 1.807) is 14.2 Å². The van der Waals surface area contributed by atoms with Gasteiger partial charge >= 0.3 is 0 Å². The Hall–Kier alpha value is -0.890. The molecule has 24 heavy (non-hydrogen) atoms. The second-order valence-corrected chi connectivity index (χ2v) is 6.11. The van der Waals surface area contributed by atoms with Crippen molar-refractivity contribution in [1.82, 2.24) is 15.5 Å². The molecule has 1 heterocycles. The van der Waals surface area contributed by atoms with Crippen LogP contribution in [-0.4, -0.2) is 90.8 Å². The number of methoxy groups -OCH3 is 1. The van der Waals surface area contributed by atoms with E-state index < -0.39 is 0 Å². The van der Waals surface area contributed by atoms with Gasteiger partial charge in [0.1, 0.15) is 0 Å². The highest BCUT2D eigenvalue weighted by atomic mass is 16.5. The third-order valence-electron chi connectivity index (χ3n) is 4.03. The zero-order chi connectivity index (χ0) is 17.5. The lowest BCUT2D eigenvalue weighted by Crippen LogP contribution is -2.41. The van der Waals surface area contributed by atoms with Crippen molar-refractivity contribution in [3.8, 4) is 0 Å². The summed E-state index contributed by atoms with van der Waals surface area (Å²) < 4.78 is 16.3. The van der Waals surface area contributed by atoms with E-state index in [1.807, 2.05) is 0 Å². The van der Waals surface area contributed by atoms with Gasteiger partial charge in [0.15, 0.2) is 5.96 Å². The van der Waals surface area contributed by atoms with Gasteiger partial charge < -0.3 is 29.7 Å². The number of ether oxygens (including phenoxy) is 3. The second kappa shape index (κ2) is 14.5. The molecule has 0 saturated carbocycles. The lowest BCUT2D eigenvalue weighted by molar-refractivity contribution is -0.0320. The molecule has 0 aliphatic carbocycles. The first kappa shape index (κ1) is 21.2. The summed E-state index contributed by atoms with van der Waals surface area (Å²) in [6.07, 6.45) is 4.47. The van der Waals surface area contributed by atoms with E-state index in [0.717, 1.165) is 84.2 Å². The standard InChI is InChI=1S/C17H36N4O3/c1-18-17(20-9-11-21(2)10-5-12-22-3)19-8-4-13-24-16-6-14-23-15-7-16/h16H,4-15H2,1-3H3,(H2,18,19,20). The molecule has 1 fully saturated rings. The fourth-order valence-corrected chi connectivity index (χ4v) is 2.55. The van der Waals surface area contributed by atoms with E-state index in [4.69, 9.17) is 14.2 Å². The van der Waals surface area contributed by atoms with Crippen molar-refractivity contribution >= 4 is 5.96 Å². The quantitative estimate of drug-likeness (QED) is 0.309. The Balaban J connectivity index is 1.97. The average molecular weight is 345 g/mol. The van der Waals surface area contributed by atoms with Gasteiger partial charge in [-0.1, -0.05) is 0 Å². The third kappa shape index (κ3) is 10.8. The number of aliphatic imine (C=N–C) groups is 1. The summed E-state index contributed by atoms with van der Waals surface area (Å²) in [4.78, 5) is 6.54. The van der Waals surface area contributed by atoms with Crippen molar-refractivity contribution in [2.24, 2.45) is 4.99 Å². The number of guanidine groups is 1. The Labute approximate surface area is 147 Å². The van der Waals surface area contributed by atoms with Gasteiger partial charge in [0.2, 0.25) is 0 Å². The van der Waals surface area contributed by atoms with Crippen LogP contribution in [0.3, 0.4) is 0 Å². The monoisotopic (exact) mass is 344 g/mol. The lowest BCUT2D eigenvalue weighted by atomic mass is 10.1. The number of likely N-dealkylation sites (N-methyl/N-ethyl adjacent to an activating group) is 1. The molecule has 0 radical (unpaired) electrons. The molecular formula is C17H36N4O3. The summed E-state index contributed by atoms with van der Waals surface area (Å²) in [5.41, 5.74) is 0. The number of hydrogen-bond acceptors (Lipinski definition) is 5. The fourth-order valence-electron chi connectivity index (χ4n) is 2.55. The molecule has 2 N–H and O–H groups in total. The highest BCUT2D eigenvalue weighted by molar-refractivity contribution is 5.79. The van der Waals surface area contributed by atoms with E-state index in [9.17, 15) is 0 Å². The van der Waals surface area contributed by atoms with Crippen molar-refractivity contribution in [2.75, 3.05) is 73.8 Å². The summed E-state index contributed by atoms with van der Waals surface area (Å²) in [7, 11) is 5.67. The molecule has 1 rings (SSSR count). The number of nitrogens with one attached hydrogen (secondary N) is 2. The van der Waals surface area contributed by atoms with Crippen molar-refractivity contribution in [3.63, 3.8) is 0 Å². The summed E-state index contributed by atoms with van der Waals surface area (Å²) in [5.74, 6) is 0.853. The van der Waals surface area contributed by atoms with Crippen LogP contribution in [0.15, 0.2) is 4.99 Å². The van der Waals surface area contributed by atoms with Gasteiger partial charge in [0.25, 0.3) is 0 Å². The molecule has 0 amide bonds. The van der Waals surface area contributed by atoms with Gasteiger partial charge in [0, 0.05) is 66.8 Å². The van der Waals surface area contributed by atoms with Crippen molar-refractivity contribution in [1.29, 1.82) is 0 Å². The topological polar surface area (TPSA) is 67.4 Å². The molecule has 142 valence electrons. The summed E-state index contributed by atoms with van der Waals surface area (Å²) in [5, 5.41) is 6.67. The van der Waals surface area contributed by atoms with Gasteiger partial charge in [-0.25, -0.2) is 0 Å². The summed E-state index contributed by atoms with van der Waals surface area (Å²) in [6, 6.07) is 0. The van der Waals surface area contributed by atoms with Crippen molar-refractivity contribution < 1.29 is 14.2 Å². The Bertz CT molecular complexity index is 323. The predicted molar refractivity (Wildman–Crippen MR) is 97.8 cm³/mol. The molecule has 0 spiro atoms. The van der Waals surface area contributed by atoms with Gasteiger partial charge in [0.05, 0.1) is 6.10 Å². The first-order valence-electron chi connectivity index (χ1n) is 9.07. The van der Waals surface area contributed by atoms with E-state index >= 15 is 0 Å². The molecule has 0 unspecified atom stereocenters. The Kier molecular flexibility index (Phi) is 12.7. The fraction of sp³-hybridized carbons (Fsp3) is 0.941. The predicted octanol–water partition coefficient (Wildman–Crippen LogP) is 0.705. The van der Waals surface area contributed by atoms with Gasteiger partial charge in [-0.2, -0.15) is 0 Å². The van der Waals surface area contributed by atoms with Crippen LogP contribution in [0.2, 0.25) is 0 Å². The highest BCUT2D eigenvalue weighted by Crippen LogP contribution is 2.10. The van der Waals surface area contributed by atoms with Crippen LogP contribution in [0.1, 0.15) is 25.7 Å². The minimum absolute atomic E-state index is 0.379. The van der Waals surface area contributed by atoms with Crippen LogP contribution in [0, 0.1) is 0 Å². The Morgan fingerprint density at radius 3 is 2.58 bits per heavy atom. The van der Waals surface area contributed by atoms with Crippen LogP contribution >= 0.6 is 0 Å². The van der Waals surface area contributed by atoms with E-state index in [-0.39, 0.29) is 0 Å². The summed E-state index contributed by atoms with van der Waals surface area (Å²) >= 11 is 0. The van der Waals surface area contributed by atoms with Gasteiger partial charge in [-0.05, 0) is 32.7 Å². The van der Waals surface area contributed by atoms with Crippen LogP contribution in [0.25, 0.3) is 0 Å². The van der Waals surface area contributed by atoms with Crippen LogP contribution in [-0.2, 0) is 14.2 Å². The normalized spacial score (nSPS) is 16.6. The highest BCUT2D eigenvalue weighted by Gasteiger charge is 2.13. The maximum Gasteiger partial charge on any atom is 0.191 e. The molecular weight excluding hydrogens is 308 g/mol. The molecule has 0 bridgehead atoms. The number of rotatable bonds is 12. The third-order valence-corrected chi connectivity index (χ3v) is 4.03. The molecule has 0 atom stereocenters. The average Bonchev–Trinajstić information content (AvgIpc) is 2.61. The molecule has 0 aromatic rings. The zero-order valence-electron chi connectivity index (χ0n) is 15.7. The molecule has 7 heteroatoms. The first-order valence-corrected chi connectivity index (χ1v) is 9.07. The maximum absolute atomic E-state index is 5.86. The summed E-state index contributed by atoms with van der Waals surface area (Å²) in [6.45, 7) is 7.04. The van der Waals surface area contributed by atoms with Crippen molar-refractivity contribution in [2.45, 2.75) is 31.8 Å². The molecule has 7 nitrogen and oxygen atoms in total. The lowest BCUT2D eigenvalue weighted by Gasteiger charge is -2.22. The largest absolute Gasteiger partial charge is 0.385 e. The molecule has 1 saturated heterocycles. The molecule has 0 aromatic carbocycles. The zero-order valence-corrected chi connectivity index (χ0v) is 15.7. The minimum atomic E-state index is 0.379. The molecule has 1 aliphatic rings.